The lowest BCUT2D eigenvalue weighted by molar-refractivity contribution is 0.0541. The summed E-state index contributed by atoms with van der Waals surface area (Å²) >= 11 is 0. The molecule has 0 aliphatic heterocycles. The van der Waals surface area contributed by atoms with Crippen LogP contribution in [0, 0.1) is 0 Å². The van der Waals surface area contributed by atoms with Crippen LogP contribution in [0.2, 0.25) is 0 Å². The van der Waals surface area contributed by atoms with E-state index in [0.29, 0.717) is 25.7 Å². The van der Waals surface area contributed by atoms with Gasteiger partial charge in [0.05, 0.1) is 40.6 Å². The summed E-state index contributed by atoms with van der Waals surface area (Å²) in [7, 11) is 5.16. The van der Waals surface area contributed by atoms with Gasteiger partial charge in [-0.05, 0) is 96.5 Å². The summed E-state index contributed by atoms with van der Waals surface area (Å²) in [5.74, 6) is 3.15. The fourth-order valence-electron chi connectivity index (χ4n) is 4.80. The monoisotopic (exact) mass is 570 g/mol. The molecule has 0 heterocycles. The quantitative estimate of drug-likeness (QED) is 0.172. The van der Waals surface area contributed by atoms with Crippen LogP contribution in [0.15, 0.2) is 97.1 Å². The summed E-state index contributed by atoms with van der Waals surface area (Å²) in [6.07, 6.45) is 1.64. The van der Waals surface area contributed by atoms with Gasteiger partial charge in [-0.25, -0.2) is 0 Å². The standard InChI is InChI=1S/C34H39BO7/c1-37-29-13-5-25(6-14-29)21-33(22-26-7-15-30(38-2)16-8-26)41-35(36)42-34(23-27-9-17-31(39-3)18-10-27)24-28-11-19-32(40-4)20-12-28/h5-20,33-34,36H,21-24H2,1-4H3. The van der Waals surface area contributed by atoms with Crippen molar-refractivity contribution in [1.29, 1.82) is 0 Å². The minimum atomic E-state index is -1.42. The summed E-state index contributed by atoms with van der Waals surface area (Å²) in [4.78, 5) is 0. The van der Waals surface area contributed by atoms with E-state index in [1.165, 1.54) is 0 Å². The minimum absolute atomic E-state index is 0.343. The Labute approximate surface area is 249 Å². The SMILES string of the molecule is COc1ccc(CC(Cc2ccc(OC)cc2)OB(O)OC(Cc2ccc(OC)cc2)Cc2ccc(OC)cc2)cc1. The predicted octanol–water partition coefficient (Wildman–Crippen LogP) is 5.74. The molecule has 1 N–H and O–H groups in total. The zero-order chi connectivity index (χ0) is 29.7. The van der Waals surface area contributed by atoms with Crippen molar-refractivity contribution in [2.75, 3.05) is 28.4 Å². The third-order valence-electron chi connectivity index (χ3n) is 7.11. The van der Waals surface area contributed by atoms with Crippen molar-refractivity contribution in [3.8, 4) is 23.0 Å². The normalized spacial score (nSPS) is 11.0. The second-order valence-corrected chi connectivity index (χ2v) is 10.0. The van der Waals surface area contributed by atoms with E-state index < -0.39 is 7.32 Å². The molecule has 0 saturated heterocycles. The van der Waals surface area contributed by atoms with Gasteiger partial charge in [0, 0.05) is 0 Å². The number of methoxy groups -OCH3 is 4. The van der Waals surface area contributed by atoms with Crippen molar-refractivity contribution in [3.05, 3.63) is 119 Å². The van der Waals surface area contributed by atoms with Gasteiger partial charge in [0.1, 0.15) is 23.0 Å². The van der Waals surface area contributed by atoms with E-state index >= 15 is 0 Å². The van der Waals surface area contributed by atoms with Crippen LogP contribution in [0.3, 0.4) is 0 Å². The number of benzene rings is 4. The Hall–Kier alpha value is -3.98. The van der Waals surface area contributed by atoms with E-state index in [0.717, 1.165) is 45.3 Å². The summed E-state index contributed by atoms with van der Waals surface area (Å²) in [6, 6.07) is 31.4. The molecule has 8 heteroatoms. The van der Waals surface area contributed by atoms with Gasteiger partial charge in [0.15, 0.2) is 0 Å². The van der Waals surface area contributed by atoms with E-state index in [-0.39, 0.29) is 12.2 Å². The first-order valence-corrected chi connectivity index (χ1v) is 14.0. The number of ether oxygens (including phenoxy) is 4. The average Bonchev–Trinajstić information content (AvgIpc) is 3.02. The number of hydrogen-bond acceptors (Lipinski definition) is 7. The first-order chi connectivity index (χ1) is 20.5. The molecule has 0 fully saturated rings. The highest BCUT2D eigenvalue weighted by molar-refractivity contribution is 6.34. The molecule has 4 aromatic carbocycles. The molecule has 220 valence electrons. The lowest BCUT2D eigenvalue weighted by atomic mass is 9.98. The molecule has 0 amide bonds. The van der Waals surface area contributed by atoms with Crippen LogP contribution in [-0.2, 0) is 35.0 Å². The lowest BCUT2D eigenvalue weighted by Crippen LogP contribution is -2.36. The lowest BCUT2D eigenvalue weighted by Gasteiger charge is -2.24. The average molecular weight is 570 g/mol. The molecular formula is C34H39BO7. The summed E-state index contributed by atoms with van der Waals surface area (Å²) in [6.45, 7) is 0. The van der Waals surface area contributed by atoms with Gasteiger partial charge in [-0.3, -0.25) is 0 Å². The molecule has 0 radical (unpaired) electrons. The van der Waals surface area contributed by atoms with E-state index in [1.807, 2.05) is 97.1 Å². The largest absolute Gasteiger partial charge is 0.637 e. The number of hydrogen-bond donors (Lipinski definition) is 1. The molecule has 0 aliphatic carbocycles. The highest BCUT2D eigenvalue weighted by Crippen LogP contribution is 2.21. The topological polar surface area (TPSA) is 75.6 Å². The third-order valence-corrected chi connectivity index (χ3v) is 7.11. The zero-order valence-corrected chi connectivity index (χ0v) is 24.7. The Morgan fingerprint density at radius 3 is 0.833 bits per heavy atom. The Balaban J connectivity index is 1.49. The molecule has 0 atom stereocenters. The van der Waals surface area contributed by atoms with E-state index in [4.69, 9.17) is 28.3 Å². The molecule has 0 saturated carbocycles. The maximum absolute atomic E-state index is 11.1. The first-order valence-electron chi connectivity index (χ1n) is 14.0. The van der Waals surface area contributed by atoms with Gasteiger partial charge in [0.2, 0.25) is 0 Å². The summed E-state index contributed by atoms with van der Waals surface area (Å²) in [5, 5.41) is 11.1. The van der Waals surface area contributed by atoms with E-state index in [2.05, 4.69) is 0 Å². The van der Waals surface area contributed by atoms with Gasteiger partial charge < -0.3 is 33.3 Å². The predicted molar refractivity (Wildman–Crippen MR) is 165 cm³/mol. The molecular weight excluding hydrogens is 531 g/mol. The second-order valence-electron chi connectivity index (χ2n) is 10.0. The maximum Gasteiger partial charge on any atom is 0.637 e. The van der Waals surface area contributed by atoms with Crippen molar-refractivity contribution < 1.29 is 33.3 Å². The van der Waals surface area contributed by atoms with Crippen molar-refractivity contribution in [1.82, 2.24) is 0 Å². The summed E-state index contributed by atoms with van der Waals surface area (Å²) in [5.41, 5.74) is 4.26. The van der Waals surface area contributed by atoms with Gasteiger partial charge >= 0.3 is 7.32 Å². The highest BCUT2D eigenvalue weighted by Gasteiger charge is 2.27. The fourth-order valence-corrected chi connectivity index (χ4v) is 4.80. The molecule has 0 bridgehead atoms. The molecule has 4 aromatic rings. The second kappa shape index (κ2) is 15.9. The smallest absolute Gasteiger partial charge is 0.497 e. The molecule has 0 aromatic heterocycles. The fraction of sp³-hybridized carbons (Fsp3) is 0.294. The van der Waals surface area contributed by atoms with Crippen molar-refractivity contribution in [2.24, 2.45) is 0 Å². The van der Waals surface area contributed by atoms with Crippen LogP contribution < -0.4 is 18.9 Å². The molecule has 42 heavy (non-hydrogen) atoms. The molecule has 7 nitrogen and oxygen atoms in total. The van der Waals surface area contributed by atoms with Gasteiger partial charge in [-0.2, -0.15) is 0 Å². The van der Waals surface area contributed by atoms with Crippen LogP contribution in [0.1, 0.15) is 22.3 Å². The van der Waals surface area contributed by atoms with Crippen molar-refractivity contribution in [2.45, 2.75) is 37.9 Å². The van der Waals surface area contributed by atoms with Gasteiger partial charge in [-0.15, -0.1) is 0 Å². The van der Waals surface area contributed by atoms with Gasteiger partial charge in [0.25, 0.3) is 0 Å². The zero-order valence-electron chi connectivity index (χ0n) is 24.7. The first kappa shape index (κ1) is 31.0. The minimum Gasteiger partial charge on any atom is -0.497 e. The third kappa shape index (κ3) is 9.55. The summed E-state index contributed by atoms with van der Waals surface area (Å²) < 4.78 is 33.6. The van der Waals surface area contributed by atoms with Gasteiger partial charge in [-0.1, -0.05) is 48.5 Å². The Kier molecular flexibility index (Phi) is 11.7. The molecule has 0 spiro atoms. The Morgan fingerprint density at radius 1 is 0.429 bits per heavy atom. The van der Waals surface area contributed by atoms with Crippen LogP contribution in [0.5, 0.6) is 23.0 Å². The highest BCUT2D eigenvalue weighted by atomic mass is 16.7. The van der Waals surface area contributed by atoms with E-state index in [9.17, 15) is 5.02 Å². The molecule has 0 unspecified atom stereocenters. The van der Waals surface area contributed by atoms with Crippen molar-refractivity contribution >= 4 is 7.32 Å². The maximum atomic E-state index is 11.1. The van der Waals surface area contributed by atoms with Crippen LogP contribution in [0.25, 0.3) is 0 Å². The number of rotatable bonds is 16. The Morgan fingerprint density at radius 2 is 0.643 bits per heavy atom. The van der Waals surface area contributed by atoms with Crippen LogP contribution in [-0.4, -0.2) is 53.0 Å². The molecule has 0 aliphatic rings. The van der Waals surface area contributed by atoms with Crippen LogP contribution >= 0.6 is 0 Å². The molecule has 4 rings (SSSR count). The van der Waals surface area contributed by atoms with E-state index in [1.54, 1.807) is 28.4 Å². The van der Waals surface area contributed by atoms with Crippen molar-refractivity contribution in [3.63, 3.8) is 0 Å². The Bertz CT molecular complexity index is 1120. The van der Waals surface area contributed by atoms with Crippen LogP contribution in [0.4, 0.5) is 0 Å².